The lowest BCUT2D eigenvalue weighted by atomic mass is 10.4. The summed E-state index contributed by atoms with van der Waals surface area (Å²) in [4.78, 5) is 11.6. The lowest BCUT2D eigenvalue weighted by Gasteiger charge is -2.07. The summed E-state index contributed by atoms with van der Waals surface area (Å²) >= 11 is 3.07. The van der Waals surface area contributed by atoms with Crippen LogP contribution in [0.5, 0.6) is 0 Å². The molecule has 2 heterocycles. The van der Waals surface area contributed by atoms with Crippen molar-refractivity contribution < 1.29 is 26.8 Å². The minimum Gasteiger partial charge on any atom is -0.452 e. The third-order valence-electron chi connectivity index (χ3n) is 2.49. The van der Waals surface area contributed by atoms with Gasteiger partial charge in [-0.2, -0.15) is 0 Å². The molecule has 2 aromatic heterocycles. The summed E-state index contributed by atoms with van der Waals surface area (Å²) in [5, 5.41) is -0.209. The highest BCUT2D eigenvalue weighted by molar-refractivity contribution is 9.10. The normalized spacial score (nSPS) is 11.8. The van der Waals surface area contributed by atoms with E-state index < -0.39 is 16.0 Å². The van der Waals surface area contributed by atoms with E-state index in [1.165, 1.54) is 32.3 Å². The van der Waals surface area contributed by atoms with Crippen molar-refractivity contribution in [3.05, 3.63) is 40.5 Å². The fourth-order valence-electron chi connectivity index (χ4n) is 1.39. The first-order valence-corrected chi connectivity index (χ1v) is 7.97. The van der Waals surface area contributed by atoms with Gasteiger partial charge in [0.25, 0.3) is 10.0 Å². The Morgan fingerprint density at radius 3 is 2.52 bits per heavy atom. The van der Waals surface area contributed by atoms with Crippen molar-refractivity contribution in [2.24, 2.45) is 0 Å². The van der Waals surface area contributed by atoms with Crippen LogP contribution in [0.2, 0.25) is 0 Å². The number of sulfonamides is 1. The molecule has 114 valence electrons. The molecule has 0 atom stereocenters. The molecule has 2 aromatic rings. The minimum absolute atomic E-state index is 0.0366. The zero-order valence-corrected chi connectivity index (χ0v) is 13.6. The molecule has 0 amide bonds. The number of carbonyl (C=O) groups is 1. The maximum Gasteiger partial charge on any atom is 0.374 e. The lowest BCUT2D eigenvalue weighted by molar-refractivity contribution is 0.0403. The van der Waals surface area contributed by atoms with Gasteiger partial charge in [0.05, 0.1) is 0 Å². The molecule has 0 bridgehead atoms. The predicted molar refractivity (Wildman–Crippen MR) is 75.1 cm³/mol. The molecule has 0 aliphatic rings. The second kappa shape index (κ2) is 6.04. The molecule has 0 radical (unpaired) electrons. The van der Waals surface area contributed by atoms with Crippen molar-refractivity contribution in [3.8, 4) is 0 Å². The van der Waals surface area contributed by atoms with Crippen LogP contribution in [0.3, 0.4) is 0 Å². The van der Waals surface area contributed by atoms with Crippen molar-refractivity contribution in [2.75, 3.05) is 14.1 Å². The first kappa shape index (κ1) is 15.8. The lowest BCUT2D eigenvalue weighted by Crippen LogP contribution is -2.21. The van der Waals surface area contributed by atoms with Crippen LogP contribution >= 0.6 is 15.9 Å². The SMILES string of the molecule is CN(C)S(=O)(=O)c1ccc(COC(=O)c2ccc(Br)o2)o1. The van der Waals surface area contributed by atoms with Crippen molar-refractivity contribution in [1.82, 2.24) is 4.31 Å². The number of esters is 1. The molecule has 0 aliphatic carbocycles. The van der Waals surface area contributed by atoms with E-state index in [4.69, 9.17) is 13.6 Å². The largest absolute Gasteiger partial charge is 0.452 e. The van der Waals surface area contributed by atoms with E-state index in [0.29, 0.717) is 4.67 Å². The second-order valence-electron chi connectivity index (χ2n) is 4.19. The van der Waals surface area contributed by atoms with Crippen molar-refractivity contribution >= 4 is 31.9 Å². The molecule has 0 N–H and O–H groups in total. The van der Waals surface area contributed by atoms with E-state index in [1.807, 2.05) is 0 Å². The molecular weight excluding hydrogens is 366 g/mol. The van der Waals surface area contributed by atoms with Gasteiger partial charge in [0.1, 0.15) is 12.4 Å². The Kier molecular flexibility index (Phi) is 4.55. The molecule has 21 heavy (non-hydrogen) atoms. The molecule has 0 unspecified atom stereocenters. The molecule has 9 heteroatoms. The fraction of sp³-hybridized carbons (Fsp3) is 0.250. The number of furan rings is 2. The highest BCUT2D eigenvalue weighted by atomic mass is 79.9. The van der Waals surface area contributed by atoms with Gasteiger partial charge in [-0.25, -0.2) is 17.5 Å². The summed E-state index contributed by atoms with van der Waals surface area (Å²) in [6, 6.07) is 5.76. The number of rotatable bonds is 5. The number of halogens is 1. The molecule has 7 nitrogen and oxygen atoms in total. The van der Waals surface area contributed by atoms with Crippen LogP contribution in [0.1, 0.15) is 16.3 Å². The maximum atomic E-state index is 11.8. The molecule has 0 saturated heterocycles. The number of hydrogen-bond donors (Lipinski definition) is 0. The topological polar surface area (TPSA) is 90.0 Å². The summed E-state index contributed by atoms with van der Waals surface area (Å²) in [6.45, 7) is -0.194. The van der Waals surface area contributed by atoms with E-state index in [1.54, 1.807) is 6.07 Å². The number of carbonyl (C=O) groups excluding carboxylic acids is 1. The van der Waals surface area contributed by atoms with Gasteiger partial charge in [0.2, 0.25) is 10.9 Å². The minimum atomic E-state index is -3.64. The van der Waals surface area contributed by atoms with E-state index in [-0.39, 0.29) is 23.2 Å². The Labute approximate surface area is 129 Å². The average Bonchev–Trinajstić information content (AvgIpc) is 3.04. The van der Waals surface area contributed by atoms with Crippen molar-refractivity contribution in [1.29, 1.82) is 0 Å². The quantitative estimate of drug-likeness (QED) is 0.742. The average molecular weight is 378 g/mol. The molecular formula is C12H12BrNO6S. The Morgan fingerprint density at radius 2 is 1.95 bits per heavy atom. The van der Waals surface area contributed by atoms with Gasteiger partial charge in [0.15, 0.2) is 4.67 Å². The second-order valence-corrected chi connectivity index (χ2v) is 7.05. The highest BCUT2D eigenvalue weighted by Gasteiger charge is 2.22. The van der Waals surface area contributed by atoms with Crippen LogP contribution in [0.4, 0.5) is 0 Å². The predicted octanol–water partition coefficient (Wildman–Crippen LogP) is 2.24. The summed E-state index contributed by atoms with van der Waals surface area (Å²) in [6.07, 6.45) is 0. The number of nitrogens with zero attached hydrogens (tertiary/aromatic N) is 1. The Bertz CT molecular complexity index is 745. The van der Waals surface area contributed by atoms with Gasteiger partial charge in [0, 0.05) is 14.1 Å². The summed E-state index contributed by atoms with van der Waals surface area (Å²) in [5.41, 5.74) is 0. The zero-order chi connectivity index (χ0) is 15.6. The smallest absolute Gasteiger partial charge is 0.374 e. The molecule has 0 aliphatic heterocycles. The van der Waals surface area contributed by atoms with Gasteiger partial charge >= 0.3 is 5.97 Å². The Hall–Kier alpha value is -1.58. The monoisotopic (exact) mass is 377 g/mol. The number of hydrogen-bond acceptors (Lipinski definition) is 6. The van der Waals surface area contributed by atoms with Crippen LogP contribution in [0.15, 0.2) is 42.9 Å². The first-order valence-electron chi connectivity index (χ1n) is 5.74. The molecule has 0 saturated carbocycles. The van der Waals surface area contributed by atoms with E-state index in [2.05, 4.69) is 15.9 Å². The standard InChI is InChI=1S/C12H12BrNO6S/c1-14(2)21(16,17)11-6-3-8(19-11)7-18-12(15)9-4-5-10(13)20-9/h3-6H,7H2,1-2H3. The van der Waals surface area contributed by atoms with Gasteiger partial charge in [-0.05, 0) is 40.2 Å². The molecule has 0 fully saturated rings. The van der Waals surface area contributed by atoms with Crippen LogP contribution in [-0.4, -0.2) is 32.8 Å². The Morgan fingerprint density at radius 1 is 1.24 bits per heavy atom. The fourth-order valence-corrected chi connectivity index (χ4v) is 2.51. The van der Waals surface area contributed by atoms with Crippen LogP contribution < -0.4 is 0 Å². The van der Waals surface area contributed by atoms with Crippen LogP contribution in [0.25, 0.3) is 0 Å². The zero-order valence-electron chi connectivity index (χ0n) is 11.2. The van der Waals surface area contributed by atoms with E-state index in [9.17, 15) is 13.2 Å². The summed E-state index contributed by atoms with van der Waals surface area (Å²) in [5.74, 6) is -0.418. The third kappa shape index (κ3) is 3.55. The number of ether oxygens (including phenoxy) is 1. The molecule has 2 rings (SSSR count). The van der Waals surface area contributed by atoms with Crippen molar-refractivity contribution in [2.45, 2.75) is 11.7 Å². The highest BCUT2D eigenvalue weighted by Crippen LogP contribution is 2.19. The van der Waals surface area contributed by atoms with Gasteiger partial charge in [-0.15, -0.1) is 0 Å². The molecule has 0 spiro atoms. The van der Waals surface area contributed by atoms with E-state index >= 15 is 0 Å². The van der Waals surface area contributed by atoms with Gasteiger partial charge in [-0.1, -0.05) is 0 Å². The Balaban J connectivity index is 2.02. The maximum absolute atomic E-state index is 11.8. The van der Waals surface area contributed by atoms with Crippen LogP contribution in [-0.2, 0) is 21.4 Å². The van der Waals surface area contributed by atoms with Crippen LogP contribution in [0, 0.1) is 0 Å². The third-order valence-corrected chi connectivity index (χ3v) is 4.61. The van der Waals surface area contributed by atoms with Crippen molar-refractivity contribution in [3.63, 3.8) is 0 Å². The molecule has 0 aromatic carbocycles. The first-order chi connectivity index (χ1) is 9.80. The summed E-state index contributed by atoms with van der Waals surface area (Å²) in [7, 11) is -0.852. The van der Waals surface area contributed by atoms with Gasteiger partial charge in [-0.3, -0.25) is 0 Å². The van der Waals surface area contributed by atoms with Gasteiger partial charge < -0.3 is 13.6 Å². The van der Waals surface area contributed by atoms with E-state index in [0.717, 1.165) is 4.31 Å². The summed E-state index contributed by atoms with van der Waals surface area (Å²) < 4.78 is 40.2.